The summed E-state index contributed by atoms with van der Waals surface area (Å²) in [6.45, 7) is 0.492. The number of benzene rings is 1. The van der Waals surface area contributed by atoms with Gasteiger partial charge in [0.25, 0.3) is 10.1 Å². The molecule has 8 nitrogen and oxygen atoms in total. The highest BCUT2D eigenvalue weighted by atomic mass is 32.2. The lowest BCUT2D eigenvalue weighted by atomic mass is 10.1. The zero-order valence-electron chi connectivity index (χ0n) is 14.0. The summed E-state index contributed by atoms with van der Waals surface area (Å²) < 4.78 is 46.3. The van der Waals surface area contributed by atoms with Gasteiger partial charge >= 0.3 is 0 Å². The molecule has 0 spiro atoms. The summed E-state index contributed by atoms with van der Waals surface area (Å²) in [5.74, 6) is -0.338. The Bertz CT molecular complexity index is 791. The maximum absolute atomic E-state index is 11.2. The van der Waals surface area contributed by atoms with Gasteiger partial charge in [-0.05, 0) is 24.3 Å². The van der Waals surface area contributed by atoms with E-state index >= 15 is 0 Å². The van der Waals surface area contributed by atoms with Gasteiger partial charge < -0.3 is 18.8 Å². The number of imidazole rings is 1. The first-order valence-electron chi connectivity index (χ1n) is 7.67. The molecular formula is C16H20N2O6S. The van der Waals surface area contributed by atoms with Crippen LogP contribution in [-0.4, -0.2) is 50.7 Å². The van der Waals surface area contributed by atoms with Crippen molar-refractivity contribution in [2.75, 3.05) is 26.6 Å². The van der Waals surface area contributed by atoms with E-state index in [1.165, 1.54) is 0 Å². The van der Waals surface area contributed by atoms with Crippen LogP contribution in [0.15, 0.2) is 43.0 Å². The van der Waals surface area contributed by atoms with Gasteiger partial charge in [-0.1, -0.05) is 0 Å². The van der Waals surface area contributed by atoms with E-state index in [4.69, 9.17) is 18.4 Å². The van der Waals surface area contributed by atoms with Crippen LogP contribution in [0.5, 0.6) is 5.75 Å². The van der Waals surface area contributed by atoms with Gasteiger partial charge in [0.05, 0.1) is 39.5 Å². The summed E-state index contributed by atoms with van der Waals surface area (Å²) in [6, 6.07) is 7.35. The summed E-state index contributed by atoms with van der Waals surface area (Å²) in [6.07, 6.45) is 5.64. The molecule has 2 aromatic rings. The van der Waals surface area contributed by atoms with Crippen molar-refractivity contribution in [1.82, 2.24) is 9.55 Å². The van der Waals surface area contributed by atoms with E-state index in [9.17, 15) is 8.42 Å². The predicted molar refractivity (Wildman–Crippen MR) is 88.5 cm³/mol. The largest absolute Gasteiger partial charge is 0.497 e. The molecular weight excluding hydrogens is 348 g/mol. The Morgan fingerprint density at radius 3 is 2.72 bits per heavy atom. The van der Waals surface area contributed by atoms with Gasteiger partial charge in [0, 0.05) is 18.0 Å². The molecule has 0 N–H and O–H groups in total. The Hall–Kier alpha value is -1.94. The monoisotopic (exact) mass is 368 g/mol. The molecule has 2 unspecified atom stereocenters. The fourth-order valence-electron chi connectivity index (χ4n) is 2.64. The van der Waals surface area contributed by atoms with Crippen LogP contribution in [0.2, 0.25) is 0 Å². The SMILES string of the molecule is COc1ccc(C2(Cn3ccnc3)OCC(COS(C)(=O)=O)O2)cc1. The fourth-order valence-corrected chi connectivity index (χ4v) is 3.04. The topological polar surface area (TPSA) is 88.9 Å². The highest BCUT2D eigenvalue weighted by molar-refractivity contribution is 7.85. The van der Waals surface area contributed by atoms with E-state index < -0.39 is 22.0 Å². The average molecular weight is 368 g/mol. The summed E-state index contributed by atoms with van der Waals surface area (Å²) >= 11 is 0. The smallest absolute Gasteiger partial charge is 0.264 e. The molecule has 2 heterocycles. The van der Waals surface area contributed by atoms with Crippen LogP contribution < -0.4 is 4.74 Å². The van der Waals surface area contributed by atoms with Crippen molar-refractivity contribution in [3.63, 3.8) is 0 Å². The van der Waals surface area contributed by atoms with Crippen LogP contribution in [0.4, 0.5) is 0 Å². The lowest BCUT2D eigenvalue weighted by Gasteiger charge is -2.29. The number of rotatable bonds is 7. The van der Waals surface area contributed by atoms with E-state index in [1.54, 1.807) is 25.8 Å². The van der Waals surface area contributed by atoms with Crippen LogP contribution in [0.25, 0.3) is 0 Å². The van der Waals surface area contributed by atoms with Crippen molar-refractivity contribution in [3.8, 4) is 5.75 Å². The summed E-state index contributed by atoms with van der Waals surface area (Å²) in [7, 11) is -1.95. The van der Waals surface area contributed by atoms with Crippen molar-refractivity contribution in [1.29, 1.82) is 0 Å². The molecule has 2 atom stereocenters. The lowest BCUT2D eigenvalue weighted by molar-refractivity contribution is -0.189. The van der Waals surface area contributed by atoms with Crippen molar-refractivity contribution < 1.29 is 26.8 Å². The van der Waals surface area contributed by atoms with E-state index in [-0.39, 0.29) is 13.2 Å². The molecule has 0 amide bonds. The standard InChI is InChI=1S/C16H20N2O6S/c1-21-14-5-3-13(4-6-14)16(11-18-8-7-17-12-18)22-9-15(24-16)10-23-25(2,19)20/h3-8,12,15H,9-11H2,1-2H3. The van der Waals surface area contributed by atoms with Gasteiger partial charge in [0.1, 0.15) is 11.9 Å². The van der Waals surface area contributed by atoms with Crippen LogP contribution >= 0.6 is 0 Å². The first kappa shape index (κ1) is 17.9. The Morgan fingerprint density at radius 2 is 2.12 bits per heavy atom. The van der Waals surface area contributed by atoms with E-state index in [0.29, 0.717) is 6.54 Å². The molecule has 1 fully saturated rings. The second-order valence-electron chi connectivity index (χ2n) is 5.76. The quantitative estimate of drug-likeness (QED) is 0.677. The Labute approximate surface area is 146 Å². The van der Waals surface area contributed by atoms with E-state index in [2.05, 4.69) is 4.98 Å². The third-order valence-electron chi connectivity index (χ3n) is 3.81. The van der Waals surface area contributed by atoms with Crippen LogP contribution in [0.1, 0.15) is 5.56 Å². The minimum Gasteiger partial charge on any atom is -0.497 e. The average Bonchev–Trinajstić information content (AvgIpc) is 3.23. The highest BCUT2D eigenvalue weighted by Gasteiger charge is 2.44. The number of nitrogens with zero attached hydrogens (tertiary/aromatic N) is 2. The fraction of sp³-hybridized carbons (Fsp3) is 0.438. The molecule has 3 rings (SSSR count). The van der Waals surface area contributed by atoms with Gasteiger partial charge in [-0.3, -0.25) is 4.18 Å². The van der Waals surface area contributed by atoms with Gasteiger partial charge in [0.2, 0.25) is 5.79 Å². The van der Waals surface area contributed by atoms with Crippen LogP contribution in [0, 0.1) is 0 Å². The van der Waals surface area contributed by atoms with Crippen molar-refractivity contribution in [2.45, 2.75) is 18.4 Å². The molecule has 0 radical (unpaired) electrons. The number of aromatic nitrogens is 2. The Kier molecular flexibility index (Phi) is 5.09. The summed E-state index contributed by atoms with van der Waals surface area (Å²) in [5, 5.41) is 0. The van der Waals surface area contributed by atoms with Gasteiger partial charge in [0.15, 0.2) is 0 Å². The van der Waals surface area contributed by atoms with Gasteiger partial charge in [-0.25, -0.2) is 4.98 Å². The zero-order chi connectivity index (χ0) is 17.9. The molecule has 1 aromatic heterocycles. The molecule has 136 valence electrons. The number of methoxy groups -OCH3 is 1. The number of hydrogen-bond acceptors (Lipinski definition) is 7. The molecule has 1 saturated heterocycles. The third-order valence-corrected chi connectivity index (χ3v) is 4.37. The molecule has 1 aliphatic heterocycles. The molecule has 25 heavy (non-hydrogen) atoms. The molecule has 1 aliphatic rings. The Balaban J connectivity index is 1.82. The summed E-state index contributed by atoms with van der Waals surface area (Å²) in [4.78, 5) is 4.03. The lowest BCUT2D eigenvalue weighted by Crippen LogP contribution is -2.34. The minimum atomic E-state index is -3.54. The highest BCUT2D eigenvalue weighted by Crippen LogP contribution is 2.37. The molecule has 9 heteroatoms. The molecule has 0 aliphatic carbocycles. The van der Waals surface area contributed by atoms with Crippen molar-refractivity contribution in [2.24, 2.45) is 0 Å². The normalized spacial score (nSPS) is 23.7. The van der Waals surface area contributed by atoms with Crippen molar-refractivity contribution >= 4 is 10.1 Å². The second kappa shape index (κ2) is 7.12. The molecule has 1 aromatic carbocycles. The first-order chi connectivity index (χ1) is 11.9. The van der Waals surface area contributed by atoms with Crippen molar-refractivity contribution in [3.05, 3.63) is 48.5 Å². The first-order valence-corrected chi connectivity index (χ1v) is 9.48. The second-order valence-corrected chi connectivity index (χ2v) is 7.40. The summed E-state index contributed by atoms with van der Waals surface area (Å²) in [5.41, 5.74) is 0.795. The molecule has 0 saturated carbocycles. The number of hydrogen-bond donors (Lipinski definition) is 0. The predicted octanol–water partition coefficient (Wildman–Crippen LogP) is 1.14. The number of ether oxygens (including phenoxy) is 3. The van der Waals surface area contributed by atoms with E-state index in [1.807, 2.05) is 28.8 Å². The van der Waals surface area contributed by atoms with Gasteiger partial charge in [-0.2, -0.15) is 8.42 Å². The minimum absolute atomic E-state index is 0.0966. The van der Waals surface area contributed by atoms with Crippen LogP contribution in [0.3, 0.4) is 0 Å². The Morgan fingerprint density at radius 1 is 1.36 bits per heavy atom. The maximum atomic E-state index is 11.2. The third kappa shape index (κ3) is 4.37. The van der Waals surface area contributed by atoms with E-state index in [0.717, 1.165) is 17.6 Å². The maximum Gasteiger partial charge on any atom is 0.264 e. The molecule has 0 bridgehead atoms. The van der Waals surface area contributed by atoms with Crippen LogP contribution in [-0.2, 0) is 36.1 Å². The van der Waals surface area contributed by atoms with Gasteiger partial charge in [-0.15, -0.1) is 0 Å². The zero-order valence-corrected chi connectivity index (χ0v) is 14.8.